The van der Waals surface area contributed by atoms with Gasteiger partial charge in [-0.1, -0.05) is 13.0 Å². The van der Waals surface area contributed by atoms with E-state index in [0.29, 0.717) is 10.2 Å². The third kappa shape index (κ3) is 5.48. The molecule has 2 aromatic rings. The van der Waals surface area contributed by atoms with Gasteiger partial charge in [0.1, 0.15) is 17.4 Å². The number of likely N-dealkylation sites (N-methyl/N-ethyl adjacent to an activating group) is 1. The number of carbonyl (C=O) groups excluding carboxylic acids is 1. The molecule has 0 saturated heterocycles. The lowest BCUT2D eigenvalue weighted by molar-refractivity contribution is 0.0373. The molecule has 1 aliphatic rings. The van der Waals surface area contributed by atoms with Gasteiger partial charge in [-0.2, -0.15) is 4.31 Å². The summed E-state index contributed by atoms with van der Waals surface area (Å²) in [4.78, 5) is 19.1. The Morgan fingerprint density at radius 3 is 2.79 bits per heavy atom. The largest absolute Gasteiger partial charge is 0.497 e. The molecular formula is C22H28BrN3O6S. The van der Waals surface area contributed by atoms with Crippen molar-refractivity contribution in [3.8, 4) is 11.6 Å². The minimum Gasteiger partial charge on any atom is -0.497 e. The van der Waals surface area contributed by atoms with Crippen LogP contribution in [0.4, 0.5) is 0 Å². The SMILES string of the molecule is COc1cccc(S(=O)(=O)N(C)C[C@H]2Oc3ncc(Br)cc3C(=O)N([C@H](C)CO)C[C@H]2C)c1. The summed E-state index contributed by atoms with van der Waals surface area (Å²) >= 11 is 3.33. The molecule has 180 valence electrons. The van der Waals surface area contributed by atoms with E-state index >= 15 is 0 Å². The Hall–Kier alpha value is -2.21. The standard InChI is InChI=1S/C22H28BrN3O6S/c1-14-11-26(15(2)13-27)22(28)19-8-16(23)10-24-21(19)32-20(14)12-25(3)33(29,30)18-7-5-6-17(9-18)31-4/h5-10,14-15,20,27H,11-13H2,1-4H3/t14-,15-,20-/m1/s1. The Bertz CT molecular complexity index is 1110. The van der Waals surface area contributed by atoms with Crippen molar-refractivity contribution in [2.24, 2.45) is 5.92 Å². The van der Waals surface area contributed by atoms with E-state index in [0.717, 1.165) is 0 Å². The third-order valence-corrected chi connectivity index (χ3v) is 7.93. The van der Waals surface area contributed by atoms with Crippen molar-refractivity contribution in [1.82, 2.24) is 14.2 Å². The van der Waals surface area contributed by atoms with E-state index < -0.39 is 22.2 Å². The Balaban J connectivity index is 1.94. The number of hydrogen-bond donors (Lipinski definition) is 1. The van der Waals surface area contributed by atoms with E-state index in [1.165, 1.54) is 36.8 Å². The van der Waals surface area contributed by atoms with Crippen LogP contribution in [0.3, 0.4) is 0 Å². The number of hydrogen-bond acceptors (Lipinski definition) is 7. The Morgan fingerprint density at radius 1 is 1.39 bits per heavy atom. The lowest BCUT2D eigenvalue weighted by Crippen LogP contribution is -2.50. The first kappa shape index (κ1) is 25.4. The molecule has 0 bridgehead atoms. The number of nitrogens with zero attached hydrogens (tertiary/aromatic N) is 3. The molecule has 0 spiro atoms. The lowest BCUT2D eigenvalue weighted by atomic mass is 10.0. The average molecular weight is 542 g/mol. The van der Waals surface area contributed by atoms with Crippen LogP contribution in [0.25, 0.3) is 0 Å². The molecule has 33 heavy (non-hydrogen) atoms. The molecular weight excluding hydrogens is 514 g/mol. The molecule has 1 aliphatic heterocycles. The summed E-state index contributed by atoms with van der Waals surface area (Å²) in [6.45, 7) is 3.75. The van der Waals surface area contributed by atoms with Crippen molar-refractivity contribution in [1.29, 1.82) is 0 Å². The number of aromatic nitrogens is 1. The van der Waals surface area contributed by atoms with Gasteiger partial charge in [-0.15, -0.1) is 0 Å². The molecule has 2 heterocycles. The Kier molecular flexibility index (Phi) is 7.99. The number of carbonyl (C=O) groups is 1. The average Bonchev–Trinajstić information content (AvgIpc) is 2.81. The van der Waals surface area contributed by atoms with E-state index in [2.05, 4.69) is 20.9 Å². The van der Waals surface area contributed by atoms with Crippen LogP contribution in [0.15, 0.2) is 45.9 Å². The predicted octanol–water partition coefficient (Wildman–Crippen LogP) is 2.39. The van der Waals surface area contributed by atoms with Gasteiger partial charge in [0.15, 0.2) is 0 Å². The smallest absolute Gasteiger partial charge is 0.259 e. The Labute approximate surface area is 202 Å². The fourth-order valence-corrected chi connectivity index (χ4v) is 5.14. The van der Waals surface area contributed by atoms with Gasteiger partial charge in [0.05, 0.1) is 31.2 Å². The number of pyridine rings is 1. The van der Waals surface area contributed by atoms with Crippen LogP contribution in [-0.2, 0) is 10.0 Å². The number of fused-ring (bicyclic) bond motifs is 1. The molecule has 0 aliphatic carbocycles. The molecule has 0 radical (unpaired) electrons. The zero-order chi connectivity index (χ0) is 24.3. The molecule has 9 nitrogen and oxygen atoms in total. The molecule has 0 fully saturated rings. The molecule has 1 amide bonds. The second kappa shape index (κ2) is 10.4. The molecule has 0 saturated carbocycles. The second-order valence-electron chi connectivity index (χ2n) is 8.09. The van der Waals surface area contributed by atoms with Crippen LogP contribution < -0.4 is 9.47 Å². The fraction of sp³-hybridized carbons (Fsp3) is 0.455. The minimum atomic E-state index is -3.82. The number of benzene rings is 1. The molecule has 1 aromatic heterocycles. The normalized spacial score (nSPS) is 20.0. The topological polar surface area (TPSA) is 109 Å². The quantitative estimate of drug-likeness (QED) is 0.573. The molecule has 3 atom stereocenters. The Morgan fingerprint density at radius 2 is 2.12 bits per heavy atom. The maximum atomic E-state index is 13.2. The number of sulfonamides is 1. The maximum Gasteiger partial charge on any atom is 0.259 e. The number of methoxy groups -OCH3 is 1. The molecule has 11 heteroatoms. The van der Waals surface area contributed by atoms with Crippen LogP contribution in [0.1, 0.15) is 24.2 Å². The minimum absolute atomic E-state index is 0.0351. The van der Waals surface area contributed by atoms with Crippen LogP contribution in [-0.4, -0.2) is 79.6 Å². The van der Waals surface area contributed by atoms with Gasteiger partial charge >= 0.3 is 0 Å². The third-order valence-electron chi connectivity index (χ3n) is 5.67. The van der Waals surface area contributed by atoms with E-state index in [-0.39, 0.29) is 47.9 Å². The monoisotopic (exact) mass is 541 g/mol. The zero-order valence-electron chi connectivity index (χ0n) is 18.9. The van der Waals surface area contributed by atoms with Gasteiger partial charge in [-0.25, -0.2) is 13.4 Å². The number of aliphatic hydroxyl groups excluding tert-OH is 1. The fourth-order valence-electron chi connectivity index (χ4n) is 3.59. The summed E-state index contributed by atoms with van der Waals surface area (Å²) in [5.74, 6) is 0.0190. The van der Waals surface area contributed by atoms with Gasteiger partial charge in [-0.3, -0.25) is 4.79 Å². The number of rotatable bonds is 7. The van der Waals surface area contributed by atoms with Gasteiger partial charge in [0, 0.05) is 36.2 Å². The number of ether oxygens (including phenoxy) is 2. The highest BCUT2D eigenvalue weighted by Crippen LogP contribution is 2.29. The van der Waals surface area contributed by atoms with Gasteiger partial charge < -0.3 is 19.5 Å². The highest BCUT2D eigenvalue weighted by Gasteiger charge is 2.35. The first-order chi connectivity index (χ1) is 15.6. The van der Waals surface area contributed by atoms with E-state index in [1.807, 2.05) is 6.92 Å². The van der Waals surface area contributed by atoms with Crippen molar-refractivity contribution >= 4 is 31.9 Å². The van der Waals surface area contributed by atoms with Gasteiger partial charge in [0.25, 0.3) is 5.91 Å². The van der Waals surface area contributed by atoms with Crippen molar-refractivity contribution in [3.05, 3.63) is 46.6 Å². The zero-order valence-corrected chi connectivity index (χ0v) is 21.3. The first-order valence-corrected chi connectivity index (χ1v) is 12.7. The van der Waals surface area contributed by atoms with Gasteiger partial charge in [0.2, 0.25) is 15.9 Å². The van der Waals surface area contributed by atoms with E-state index in [9.17, 15) is 18.3 Å². The molecule has 0 unspecified atom stereocenters. The molecule has 3 rings (SSSR count). The maximum absolute atomic E-state index is 13.2. The predicted molar refractivity (Wildman–Crippen MR) is 126 cm³/mol. The lowest BCUT2D eigenvalue weighted by Gasteiger charge is -2.37. The molecule has 1 N–H and O–H groups in total. The highest BCUT2D eigenvalue weighted by atomic mass is 79.9. The van der Waals surface area contributed by atoms with Crippen molar-refractivity contribution in [2.45, 2.75) is 30.9 Å². The van der Waals surface area contributed by atoms with E-state index in [4.69, 9.17) is 9.47 Å². The van der Waals surface area contributed by atoms with Crippen LogP contribution in [0.5, 0.6) is 11.6 Å². The van der Waals surface area contributed by atoms with Crippen molar-refractivity contribution < 1.29 is 27.8 Å². The van der Waals surface area contributed by atoms with Gasteiger partial charge in [-0.05, 0) is 41.1 Å². The van der Waals surface area contributed by atoms with Crippen LogP contribution in [0.2, 0.25) is 0 Å². The number of amides is 1. The highest BCUT2D eigenvalue weighted by molar-refractivity contribution is 9.10. The van der Waals surface area contributed by atoms with E-state index in [1.54, 1.807) is 30.0 Å². The summed E-state index contributed by atoms with van der Waals surface area (Å²) in [5, 5.41) is 9.69. The summed E-state index contributed by atoms with van der Waals surface area (Å²) in [6, 6.07) is 7.45. The summed E-state index contributed by atoms with van der Waals surface area (Å²) in [5.41, 5.74) is 0.250. The van der Waals surface area contributed by atoms with Crippen LogP contribution in [0, 0.1) is 5.92 Å². The number of aliphatic hydroxyl groups is 1. The summed E-state index contributed by atoms with van der Waals surface area (Å²) in [7, 11) is -0.860. The summed E-state index contributed by atoms with van der Waals surface area (Å²) < 4.78 is 39.5. The number of halogens is 1. The van der Waals surface area contributed by atoms with Crippen molar-refractivity contribution in [2.75, 3.05) is 33.9 Å². The second-order valence-corrected chi connectivity index (χ2v) is 11.1. The van der Waals surface area contributed by atoms with Crippen LogP contribution >= 0.6 is 15.9 Å². The van der Waals surface area contributed by atoms with Crippen molar-refractivity contribution in [3.63, 3.8) is 0 Å². The molecule has 1 aromatic carbocycles. The first-order valence-electron chi connectivity index (χ1n) is 10.4. The summed E-state index contributed by atoms with van der Waals surface area (Å²) in [6.07, 6.45) is 0.927.